The smallest absolute Gasteiger partial charge is 0.0911 e. The van der Waals surface area contributed by atoms with E-state index in [0.717, 1.165) is 45.5 Å². The third kappa shape index (κ3) is 3.68. The summed E-state index contributed by atoms with van der Waals surface area (Å²) in [6.45, 7) is 6.38. The van der Waals surface area contributed by atoms with Crippen LogP contribution in [0.4, 0.5) is 0 Å². The third-order valence-electron chi connectivity index (χ3n) is 3.97. The molecule has 2 aliphatic rings. The fourth-order valence-corrected chi connectivity index (χ4v) is 2.81. The van der Waals surface area contributed by atoms with E-state index >= 15 is 0 Å². The average Bonchev–Trinajstić information content (AvgIpc) is 3.03. The standard InChI is InChI=1S/C13H25N3O/c1-2-11-9-16(6-3-7-17-11)10-13(4-5-13)8-12(14)15/h11H,2-10H2,1H3,(H3,14,15). The van der Waals surface area contributed by atoms with Crippen LogP contribution in [0.25, 0.3) is 0 Å². The average molecular weight is 239 g/mol. The molecule has 4 nitrogen and oxygen atoms in total. The van der Waals surface area contributed by atoms with Gasteiger partial charge in [-0.2, -0.15) is 0 Å². The lowest BCUT2D eigenvalue weighted by atomic mass is 10.0. The number of nitrogens with zero attached hydrogens (tertiary/aromatic N) is 1. The molecule has 1 heterocycles. The van der Waals surface area contributed by atoms with Crippen molar-refractivity contribution in [1.82, 2.24) is 4.90 Å². The fourth-order valence-electron chi connectivity index (χ4n) is 2.81. The molecule has 3 N–H and O–H groups in total. The molecule has 0 aromatic carbocycles. The molecule has 4 heteroatoms. The van der Waals surface area contributed by atoms with Crippen molar-refractivity contribution >= 4 is 5.84 Å². The molecule has 98 valence electrons. The molecule has 1 unspecified atom stereocenters. The Bertz CT molecular complexity index is 276. The molecule has 1 saturated heterocycles. The topological polar surface area (TPSA) is 62.3 Å². The van der Waals surface area contributed by atoms with Gasteiger partial charge < -0.3 is 15.4 Å². The highest BCUT2D eigenvalue weighted by molar-refractivity contribution is 5.78. The Morgan fingerprint density at radius 1 is 1.53 bits per heavy atom. The monoisotopic (exact) mass is 239 g/mol. The van der Waals surface area contributed by atoms with E-state index in [2.05, 4.69) is 11.8 Å². The van der Waals surface area contributed by atoms with Gasteiger partial charge in [0.1, 0.15) is 0 Å². The molecule has 1 aliphatic heterocycles. The van der Waals surface area contributed by atoms with Crippen LogP contribution >= 0.6 is 0 Å². The lowest BCUT2D eigenvalue weighted by Crippen LogP contribution is -2.37. The van der Waals surface area contributed by atoms with Crippen molar-refractivity contribution < 1.29 is 4.74 Å². The zero-order valence-corrected chi connectivity index (χ0v) is 10.9. The van der Waals surface area contributed by atoms with Crippen LogP contribution in [0.15, 0.2) is 0 Å². The molecule has 1 saturated carbocycles. The normalized spacial score (nSPS) is 28.6. The largest absolute Gasteiger partial charge is 0.388 e. The SMILES string of the molecule is CCC1CN(CC2(CC(=N)N)CC2)CCCO1. The van der Waals surface area contributed by atoms with E-state index in [1.54, 1.807) is 0 Å². The van der Waals surface area contributed by atoms with Crippen LogP contribution in [0.3, 0.4) is 0 Å². The lowest BCUT2D eigenvalue weighted by molar-refractivity contribution is 0.0494. The molecule has 0 bridgehead atoms. The second-order valence-corrected chi connectivity index (χ2v) is 5.69. The summed E-state index contributed by atoms with van der Waals surface area (Å²) >= 11 is 0. The van der Waals surface area contributed by atoms with Crippen molar-refractivity contribution in [2.75, 3.05) is 26.2 Å². The summed E-state index contributed by atoms with van der Waals surface area (Å²) in [6, 6.07) is 0. The molecule has 0 aromatic heterocycles. The minimum absolute atomic E-state index is 0.328. The molecule has 0 aromatic rings. The first-order chi connectivity index (χ1) is 8.13. The molecule has 1 atom stereocenters. The Balaban J connectivity index is 1.86. The van der Waals surface area contributed by atoms with Gasteiger partial charge in [0.15, 0.2) is 0 Å². The van der Waals surface area contributed by atoms with Gasteiger partial charge in [0.25, 0.3) is 0 Å². The molecular weight excluding hydrogens is 214 g/mol. The zero-order valence-electron chi connectivity index (χ0n) is 10.9. The quantitative estimate of drug-likeness (QED) is 0.566. The first kappa shape index (κ1) is 12.8. The number of nitrogens with one attached hydrogen (secondary N) is 1. The first-order valence-corrected chi connectivity index (χ1v) is 6.80. The Kier molecular flexibility index (Phi) is 4.05. The van der Waals surface area contributed by atoms with Crippen LogP contribution < -0.4 is 5.73 Å². The number of hydrogen-bond acceptors (Lipinski definition) is 3. The first-order valence-electron chi connectivity index (χ1n) is 6.80. The van der Waals surface area contributed by atoms with Gasteiger partial charge in [-0.25, -0.2) is 0 Å². The molecule has 0 amide bonds. The number of nitrogens with two attached hydrogens (primary N) is 1. The van der Waals surface area contributed by atoms with E-state index in [4.69, 9.17) is 15.9 Å². The molecule has 17 heavy (non-hydrogen) atoms. The van der Waals surface area contributed by atoms with Gasteiger partial charge in [0.05, 0.1) is 11.9 Å². The van der Waals surface area contributed by atoms with Gasteiger partial charge in [-0.1, -0.05) is 6.92 Å². The van der Waals surface area contributed by atoms with Crippen LogP contribution in [0.5, 0.6) is 0 Å². The lowest BCUT2D eigenvalue weighted by Gasteiger charge is -2.27. The molecule has 2 fully saturated rings. The highest BCUT2D eigenvalue weighted by atomic mass is 16.5. The Morgan fingerprint density at radius 3 is 2.88 bits per heavy atom. The van der Waals surface area contributed by atoms with Crippen molar-refractivity contribution in [1.29, 1.82) is 5.41 Å². The summed E-state index contributed by atoms with van der Waals surface area (Å²) in [5.41, 5.74) is 5.88. The molecule has 1 aliphatic carbocycles. The van der Waals surface area contributed by atoms with Crippen molar-refractivity contribution in [3.8, 4) is 0 Å². The van der Waals surface area contributed by atoms with E-state index in [-0.39, 0.29) is 0 Å². The molecule has 0 spiro atoms. The van der Waals surface area contributed by atoms with E-state index in [1.165, 1.54) is 12.8 Å². The van der Waals surface area contributed by atoms with Gasteiger partial charge in [-0.05, 0) is 31.1 Å². The number of ether oxygens (including phenoxy) is 1. The minimum atomic E-state index is 0.328. The summed E-state index contributed by atoms with van der Waals surface area (Å²) in [6.07, 6.45) is 5.87. The van der Waals surface area contributed by atoms with Gasteiger partial charge in [0.2, 0.25) is 0 Å². The summed E-state index contributed by atoms with van der Waals surface area (Å²) in [5.74, 6) is 0.348. The van der Waals surface area contributed by atoms with E-state index in [0.29, 0.717) is 17.4 Å². The number of amidine groups is 1. The van der Waals surface area contributed by atoms with Crippen molar-refractivity contribution in [2.45, 2.75) is 45.1 Å². The maximum Gasteiger partial charge on any atom is 0.0911 e. The van der Waals surface area contributed by atoms with Crippen LogP contribution in [-0.2, 0) is 4.74 Å². The van der Waals surface area contributed by atoms with Crippen molar-refractivity contribution in [2.24, 2.45) is 11.1 Å². The maximum atomic E-state index is 7.46. The summed E-state index contributed by atoms with van der Waals surface area (Å²) in [5, 5.41) is 7.46. The maximum absolute atomic E-state index is 7.46. The van der Waals surface area contributed by atoms with Crippen LogP contribution in [0.2, 0.25) is 0 Å². The Labute approximate surface area is 104 Å². The van der Waals surface area contributed by atoms with Gasteiger partial charge >= 0.3 is 0 Å². The predicted molar refractivity (Wildman–Crippen MR) is 69.3 cm³/mol. The third-order valence-corrected chi connectivity index (χ3v) is 3.97. The summed E-state index contributed by atoms with van der Waals surface area (Å²) in [7, 11) is 0. The van der Waals surface area contributed by atoms with Crippen LogP contribution in [0, 0.1) is 10.8 Å². The second kappa shape index (κ2) is 5.36. The van der Waals surface area contributed by atoms with Crippen LogP contribution in [-0.4, -0.2) is 43.1 Å². The van der Waals surface area contributed by atoms with Gasteiger partial charge in [-0.15, -0.1) is 0 Å². The Hall–Kier alpha value is -0.610. The molecule has 2 rings (SSSR count). The number of hydrogen-bond donors (Lipinski definition) is 2. The predicted octanol–water partition coefficient (Wildman–Crippen LogP) is 1.59. The number of rotatable bonds is 5. The second-order valence-electron chi connectivity index (χ2n) is 5.69. The van der Waals surface area contributed by atoms with Crippen LogP contribution in [0.1, 0.15) is 39.0 Å². The summed E-state index contributed by atoms with van der Waals surface area (Å²) in [4.78, 5) is 2.52. The highest BCUT2D eigenvalue weighted by Gasteiger charge is 2.44. The van der Waals surface area contributed by atoms with E-state index < -0.39 is 0 Å². The zero-order chi connectivity index (χ0) is 12.3. The minimum Gasteiger partial charge on any atom is -0.388 e. The van der Waals surface area contributed by atoms with Crippen molar-refractivity contribution in [3.63, 3.8) is 0 Å². The van der Waals surface area contributed by atoms with Crippen molar-refractivity contribution in [3.05, 3.63) is 0 Å². The van der Waals surface area contributed by atoms with E-state index in [1.807, 2.05) is 0 Å². The molecular formula is C13H25N3O. The fraction of sp³-hybridized carbons (Fsp3) is 0.923. The highest BCUT2D eigenvalue weighted by Crippen LogP contribution is 2.49. The molecule has 0 radical (unpaired) electrons. The summed E-state index contributed by atoms with van der Waals surface area (Å²) < 4.78 is 5.79. The Morgan fingerprint density at radius 2 is 2.29 bits per heavy atom. The van der Waals surface area contributed by atoms with E-state index in [9.17, 15) is 0 Å². The van der Waals surface area contributed by atoms with Gasteiger partial charge in [-0.3, -0.25) is 5.41 Å². The van der Waals surface area contributed by atoms with Gasteiger partial charge in [0, 0.05) is 32.7 Å².